The minimum atomic E-state index is -0.0714. The zero-order chi connectivity index (χ0) is 16.8. The van der Waals surface area contributed by atoms with Gasteiger partial charge in [-0.2, -0.15) is 5.10 Å². The Balaban J connectivity index is 1.84. The number of nitrogens with zero attached hydrogens (tertiary/aromatic N) is 4. The smallest absolute Gasteiger partial charge is 0.238 e. The number of carbonyl (C=O) groups is 1. The average Bonchev–Trinajstić information content (AvgIpc) is 2.81. The zero-order valence-corrected chi connectivity index (χ0v) is 14.1. The standard InChI is InChI=1S/C16H24N6O/c1-5-22-13(4)16(12(3)21-22)20-15(23)10-19-11(2)8-14-9-17-6-7-18-14/h6-7,9,11,19H,5,8,10H2,1-4H3,(H,20,23)/t11-/m0/s1. The second-order valence-electron chi connectivity index (χ2n) is 5.59. The van der Waals surface area contributed by atoms with Gasteiger partial charge in [-0.3, -0.25) is 19.4 Å². The van der Waals surface area contributed by atoms with Crippen molar-refractivity contribution in [2.45, 2.75) is 46.7 Å². The molecular weight excluding hydrogens is 292 g/mol. The SMILES string of the molecule is CCn1nc(C)c(NC(=O)CN[C@@H](C)Cc2cnccn2)c1C. The van der Waals surface area contributed by atoms with Crippen molar-refractivity contribution in [2.75, 3.05) is 11.9 Å². The van der Waals surface area contributed by atoms with Gasteiger partial charge in [0.05, 0.1) is 29.3 Å². The first-order valence-electron chi connectivity index (χ1n) is 7.83. The lowest BCUT2D eigenvalue weighted by molar-refractivity contribution is -0.115. The summed E-state index contributed by atoms with van der Waals surface area (Å²) in [5.41, 5.74) is 3.53. The molecule has 0 aliphatic rings. The first-order chi connectivity index (χ1) is 11.0. The number of anilines is 1. The Kier molecular flexibility index (Phi) is 5.81. The van der Waals surface area contributed by atoms with Crippen LogP contribution in [0.4, 0.5) is 5.69 Å². The summed E-state index contributed by atoms with van der Waals surface area (Å²) in [5, 5.41) is 10.5. The lowest BCUT2D eigenvalue weighted by atomic mass is 10.2. The van der Waals surface area contributed by atoms with Gasteiger partial charge in [-0.25, -0.2) is 0 Å². The molecule has 2 rings (SSSR count). The van der Waals surface area contributed by atoms with E-state index in [-0.39, 0.29) is 18.5 Å². The fraction of sp³-hybridized carbons (Fsp3) is 0.500. The van der Waals surface area contributed by atoms with Crippen molar-refractivity contribution >= 4 is 11.6 Å². The maximum absolute atomic E-state index is 12.1. The number of nitrogens with one attached hydrogen (secondary N) is 2. The molecule has 124 valence electrons. The number of hydrogen-bond acceptors (Lipinski definition) is 5. The quantitative estimate of drug-likeness (QED) is 0.808. The third-order valence-electron chi connectivity index (χ3n) is 3.69. The van der Waals surface area contributed by atoms with Crippen LogP contribution in [0.2, 0.25) is 0 Å². The van der Waals surface area contributed by atoms with E-state index in [0.717, 1.165) is 35.7 Å². The maximum atomic E-state index is 12.1. The van der Waals surface area contributed by atoms with E-state index in [1.165, 1.54) is 0 Å². The van der Waals surface area contributed by atoms with E-state index in [2.05, 4.69) is 25.7 Å². The molecule has 0 bridgehead atoms. The number of rotatable bonds is 7. The molecule has 0 radical (unpaired) electrons. The summed E-state index contributed by atoms with van der Waals surface area (Å²) in [7, 11) is 0. The lowest BCUT2D eigenvalue weighted by Gasteiger charge is -2.13. The second-order valence-corrected chi connectivity index (χ2v) is 5.59. The number of aryl methyl sites for hydroxylation is 2. The molecule has 0 unspecified atom stereocenters. The van der Waals surface area contributed by atoms with E-state index in [9.17, 15) is 4.79 Å². The van der Waals surface area contributed by atoms with Crippen molar-refractivity contribution < 1.29 is 4.79 Å². The fourth-order valence-corrected chi connectivity index (χ4v) is 2.46. The maximum Gasteiger partial charge on any atom is 0.238 e. The summed E-state index contributed by atoms with van der Waals surface area (Å²) in [6, 6.07) is 0.137. The molecule has 0 aliphatic heterocycles. The normalized spacial score (nSPS) is 12.2. The summed E-state index contributed by atoms with van der Waals surface area (Å²) in [6.45, 7) is 8.95. The van der Waals surface area contributed by atoms with Gasteiger partial charge in [0, 0.05) is 37.6 Å². The molecule has 23 heavy (non-hydrogen) atoms. The van der Waals surface area contributed by atoms with Crippen LogP contribution in [0.3, 0.4) is 0 Å². The molecule has 0 saturated heterocycles. The minimum absolute atomic E-state index is 0.0714. The molecule has 2 aromatic heterocycles. The van der Waals surface area contributed by atoms with E-state index >= 15 is 0 Å². The van der Waals surface area contributed by atoms with E-state index in [1.807, 2.05) is 32.4 Å². The molecule has 2 heterocycles. The molecule has 7 nitrogen and oxygen atoms in total. The van der Waals surface area contributed by atoms with Gasteiger partial charge < -0.3 is 10.6 Å². The van der Waals surface area contributed by atoms with Crippen LogP contribution < -0.4 is 10.6 Å². The van der Waals surface area contributed by atoms with Crippen LogP contribution in [-0.2, 0) is 17.8 Å². The van der Waals surface area contributed by atoms with Crippen LogP contribution in [0.15, 0.2) is 18.6 Å². The van der Waals surface area contributed by atoms with Crippen molar-refractivity contribution in [1.82, 2.24) is 25.1 Å². The molecule has 0 saturated carbocycles. The highest BCUT2D eigenvalue weighted by atomic mass is 16.1. The van der Waals surface area contributed by atoms with Gasteiger partial charge in [0.15, 0.2) is 0 Å². The summed E-state index contributed by atoms with van der Waals surface area (Å²) >= 11 is 0. The van der Waals surface area contributed by atoms with E-state index in [4.69, 9.17) is 0 Å². The third-order valence-corrected chi connectivity index (χ3v) is 3.69. The number of amides is 1. The van der Waals surface area contributed by atoms with Gasteiger partial charge >= 0.3 is 0 Å². The van der Waals surface area contributed by atoms with Gasteiger partial charge in [0.1, 0.15) is 0 Å². The number of aromatic nitrogens is 4. The third kappa shape index (κ3) is 4.59. The molecule has 1 amide bonds. The zero-order valence-electron chi connectivity index (χ0n) is 14.1. The van der Waals surface area contributed by atoms with Crippen LogP contribution in [0, 0.1) is 13.8 Å². The number of carbonyl (C=O) groups excluding carboxylic acids is 1. The molecule has 2 aromatic rings. The summed E-state index contributed by atoms with van der Waals surface area (Å²) in [6.07, 6.45) is 5.79. The second kappa shape index (κ2) is 7.82. The predicted molar refractivity (Wildman–Crippen MR) is 89.2 cm³/mol. The Labute approximate surface area is 136 Å². The van der Waals surface area contributed by atoms with E-state index in [0.29, 0.717) is 0 Å². The van der Waals surface area contributed by atoms with Crippen molar-refractivity contribution in [3.63, 3.8) is 0 Å². The highest BCUT2D eigenvalue weighted by Crippen LogP contribution is 2.18. The van der Waals surface area contributed by atoms with E-state index in [1.54, 1.807) is 18.6 Å². The van der Waals surface area contributed by atoms with Gasteiger partial charge in [-0.05, 0) is 27.7 Å². The van der Waals surface area contributed by atoms with Gasteiger partial charge in [-0.1, -0.05) is 0 Å². The molecule has 0 spiro atoms. The Morgan fingerprint density at radius 1 is 1.35 bits per heavy atom. The Hall–Kier alpha value is -2.28. The van der Waals surface area contributed by atoms with Crippen LogP contribution in [0.5, 0.6) is 0 Å². The van der Waals surface area contributed by atoms with Gasteiger partial charge in [-0.15, -0.1) is 0 Å². The predicted octanol–water partition coefficient (Wildman–Crippen LogP) is 1.47. The Morgan fingerprint density at radius 3 is 2.74 bits per heavy atom. The molecule has 0 aromatic carbocycles. The molecular formula is C16H24N6O. The monoisotopic (exact) mass is 316 g/mol. The summed E-state index contributed by atoms with van der Waals surface area (Å²) in [5.74, 6) is -0.0714. The molecule has 0 aliphatic carbocycles. The van der Waals surface area contributed by atoms with Crippen LogP contribution in [0.1, 0.15) is 30.9 Å². The van der Waals surface area contributed by atoms with E-state index < -0.39 is 0 Å². The topological polar surface area (TPSA) is 84.7 Å². The first kappa shape index (κ1) is 17.1. The highest BCUT2D eigenvalue weighted by molar-refractivity contribution is 5.93. The van der Waals surface area contributed by atoms with Crippen LogP contribution in [-0.4, -0.2) is 38.2 Å². The molecule has 0 fully saturated rings. The molecule has 2 N–H and O–H groups in total. The lowest BCUT2D eigenvalue weighted by Crippen LogP contribution is -2.36. The van der Waals surface area contributed by atoms with Crippen molar-refractivity contribution in [2.24, 2.45) is 0 Å². The fourth-order valence-electron chi connectivity index (χ4n) is 2.46. The number of hydrogen-bond donors (Lipinski definition) is 2. The van der Waals surface area contributed by atoms with Crippen LogP contribution in [0.25, 0.3) is 0 Å². The average molecular weight is 316 g/mol. The van der Waals surface area contributed by atoms with Crippen LogP contribution >= 0.6 is 0 Å². The van der Waals surface area contributed by atoms with Gasteiger partial charge in [0.25, 0.3) is 0 Å². The van der Waals surface area contributed by atoms with Crippen molar-refractivity contribution in [1.29, 1.82) is 0 Å². The Morgan fingerprint density at radius 2 is 2.13 bits per heavy atom. The van der Waals surface area contributed by atoms with Crippen molar-refractivity contribution in [3.8, 4) is 0 Å². The highest BCUT2D eigenvalue weighted by Gasteiger charge is 2.14. The first-order valence-corrected chi connectivity index (χ1v) is 7.83. The summed E-state index contributed by atoms with van der Waals surface area (Å²) < 4.78 is 1.88. The van der Waals surface area contributed by atoms with Crippen molar-refractivity contribution in [3.05, 3.63) is 35.7 Å². The Bertz CT molecular complexity index is 652. The summed E-state index contributed by atoms with van der Waals surface area (Å²) in [4.78, 5) is 20.4. The van der Waals surface area contributed by atoms with Gasteiger partial charge in [0.2, 0.25) is 5.91 Å². The minimum Gasteiger partial charge on any atom is -0.322 e. The molecule has 1 atom stereocenters. The molecule has 7 heteroatoms. The largest absolute Gasteiger partial charge is 0.322 e.